The standard InChI is InChI=1S/C18H16N6O/c1-2-15(10-16(3-1)18-20-22-23-21-18)12-25-17-6-4-14(5-7-17)11-24-9-8-19-13-24/h1-10,13H,11-12H2,(H,20,21,22,23). The van der Waals surface area contributed by atoms with Gasteiger partial charge in [-0.05, 0) is 34.5 Å². The van der Waals surface area contributed by atoms with E-state index in [1.54, 1.807) is 12.5 Å². The zero-order chi connectivity index (χ0) is 16.9. The number of imidazole rings is 1. The summed E-state index contributed by atoms with van der Waals surface area (Å²) in [5.41, 5.74) is 3.15. The van der Waals surface area contributed by atoms with E-state index in [2.05, 4.69) is 37.7 Å². The van der Waals surface area contributed by atoms with Gasteiger partial charge in [0.25, 0.3) is 0 Å². The Hall–Kier alpha value is -3.48. The molecule has 124 valence electrons. The third-order valence-electron chi connectivity index (χ3n) is 3.78. The first-order valence-corrected chi connectivity index (χ1v) is 7.87. The lowest BCUT2D eigenvalue weighted by Crippen LogP contribution is -1.98. The van der Waals surface area contributed by atoms with Crippen molar-refractivity contribution in [1.82, 2.24) is 30.2 Å². The number of rotatable bonds is 6. The number of hydrogen-bond donors (Lipinski definition) is 1. The largest absolute Gasteiger partial charge is 0.489 e. The molecule has 0 radical (unpaired) electrons. The first-order chi connectivity index (χ1) is 12.4. The molecule has 2 heterocycles. The highest BCUT2D eigenvalue weighted by molar-refractivity contribution is 5.54. The molecule has 0 unspecified atom stereocenters. The van der Waals surface area contributed by atoms with Gasteiger partial charge in [-0.2, -0.15) is 5.21 Å². The minimum atomic E-state index is 0.479. The maximum atomic E-state index is 5.87. The van der Waals surface area contributed by atoms with Gasteiger partial charge in [0.15, 0.2) is 0 Å². The minimum absolute atomic E-state index is 0.479. The molecule has 7 heteroatoms. The van der Waals surface area contributed by atoms with Gasteiger partial charge in [0.05, 0.1) is 6.33 Å². The molecule has 0 spiro atoms. The molecule has 1 N–H and O–H groups in total. The topological polar surface area (TPSA) is 81.5 Å². The van der Waals surface area contributed by atoms with E-state index in [0.29, 0.717) is 12.4 Å². The summed E-state index contributed by atoms with van der Waals surface area (Å²) in [6, 6.07) is 16.0. The number of tetrazole rings is 1. The fourth-order valence-electron chi connectivity index (χ4n) is 2.53. The van der Waals surface area contributed by atoms with Crippen LogP contribution in [0.2, 0.25) is 0 Å². The molecule has 0 bridgehead atoms. The molecule has 0 saturated heterocycles. The Bertz CT molecular complexity index is 917. The first-order valence-electron chi connectivity index (χ1n) is 7.87. The van der Waals surface area contributed by atoms with Gasteiger partial charge in [0, 0.05) is 24.5 Å². The molecule has 2 aromatic carbocycles. The molecule has 0 aliphatic carbocycles. The number of H-pyrrole nitrogens is 1. The van der Waals surface area contributed by atoms with E-state index in [-0.39, 0.29) is 0 Å². The molecule has 4 rings (SSSR count). The lowest BCUT2D eigenvalue weighted by Gasteiger charge is -2.08. The van der Waals surface area contributed by atoms with Crippen molar-refractivity contribution in [2.24, 2.45) is 0 Å². The van der Waals surface area contributed by atoms with Crippen LogP contribution in [0.1, 0.15) is 11.1 Å². The molecule has 0 aliphatic heterocycles. The van der Waals surface area contributed by atoms with E-state index < -0.39 is 0 Å². The Labute approximate surface area is 144 Å². The van der Waals surface area contributed by atoms with E-state index in [9.17, 15) is 0 Å². The number of hydrogen-bond acceptors (Lipinski definition) is 5. The van der Waals surface area contributed by atoms with Crippen LogP contribution in [0.15, 0.2) is 67.3 Å². The number of nitrogens with zero attached hydrogens (tertiary/aromatic N) is 5. The average molecular weight is 332 g/mol. The van der Waals surface area contributed by atoms with E-state index >= 15 is 0 Å². The lowest BCUT2D eigenvalue weighted by molar-refractivity contribution is 0.306. The number of aromatic nitrogens is 6. The summed E-state index contributed by atoms with van der Waals surface area (Å²) in [7, 11) is 0. The van der Waals surface area contributed by atoms with Crippen LogP contribution in [-0.2, 0) is 13.2 Å². The second-order valence-corrected chi connectivity index (χ2v) is 5.60. The summed E-state index contributed by atoms with van der Waals surface area (Å²) in [4.78, 5) is 4.05. The van der Waals surface area contributed by atoms with E-state index in [1.165, 1.54) is 5.56 Å². The molecule has 0 fully saturated rings. The Morgan fingerprint density at radius 1 is 1.04 bits per heavy atom. The van der Waals surface area contributed by atoms with Gasteiger partial charge in [-0.1, -0.05) is 30.3 Å². The number of nitrogens with one attached hydrogen (secondary N) is 1. The zero-order valence-electron chi connectivity index (χ0n) is 13.4. The highest BCUT2D eigenvalue weighted by atomic mass is 16.5. The Morgan fingerprint density at radius 2 is 1.96 bits per heavy atom. The predicted octanol–water partition coefficient (Wildman–Crippen LogP) is 2.69. The van der Waals surface area contributed by atoms with Crippen molar-refractivity contribution in [3.8, 4) is 17.1 Å². The van der Waals surface area contributed by atoms with Gasteiger partial charge in [0.2, 0.25) is 5.82 Å². The molecule has 0 saturated carbocycles. The summed E-state index contributed by atoms with van der Waals surface area (Å²) < 4.78 is 7.90. The van der Waals surface area contributed by atoms with Gasteiger partial charge in [-0.15, -0.1) is 10.2 Å². The SMILES string of the molecule is c1cc(COc2ccc(Cn3ccnc3)cc2)cc(-c2nn[nH]n2)c1. The minimum Gasteiger partial charge on any atom is -0.489 e. The molecule has 25 heavy (non-hydrogen) atoms. The van der Waals surface area contributed by atoms with Crippen molar-refractivity contribution in [2.45, 2.75) is 13.2 Å². The Morgan fingerprint density at radius 3 is 2.72 bits per heavy atom. The van der Waals surface area contributed by atoms with Crippen molar-refractivity contribution in [1.29, 1.82) is 0 Å². The molecule has 4 aromatic rings. The summed E-state index contributed by atoms with van der Waals surface area (Å²) in [6.07, 6.45) is 5.53. The van der Waals surface area contributed by atoms with Gasteiger partial charge in [-0.3, -0.25) is 0 Å². The van der Waals surface area contributed by atoms with Crippen molar-refractivity contribution >= 4 is 0 Å². The van der Waals surface area contributed by atoms with Crippen LogP contribution in [-0.4, -0.2) is 30.2 Å². The molecule has 0 amide bonds. The van der Waals surface area contributed by atoms with Crippen molar-refractivity contribution in [3.05, 3.63) is 78.4 Å². The van der Waals surface area contributed by atoms with Crippen LogP contribution in [0.25, 0.3) is 11.4 Å². The monoisotopic (exact) mass is 332 g/mol. The third kappa shape index (κ3) is 3.72. The molecule has 0 atom stereocenters. The molecular formula is C18H16N6O. The average Bonchev–Trinajstić information content (AvgIpc) is 3.35. The highest BCUT2D eigenvalue weighted by Crippen LogP contribution is 2.18. The van der Waals surface area contributed by atoms with Crippen LogP contribution >= 0.6 is 0 Å². The normalized spacial score (nSPS) is 10.7. The predicted molar refractivity (Wildman–Crippen MR) is 91.7 cm³/mol. The van der Waals surface area contributed by atoms with E-state index in [1.807, 2.05) is 47.2 Å². The second-order valence-electron chi connectivity index (χ2n) is 5.60. The summed E-state index contributed by atoms with van der Waals surface area (Å²) in [6.45, 7) is 1.28. The number of ether oxygens (including phenoxy) is 1. The third-order valence-corrected chi connectivity index (χ3v) is 3.78. The van der Waals surface area contributed by atoms with Gasteiger partial charge >= 0.3 is 0 Å². The summed E-state index contributed by atoms with van der Waals surface area (Å²) in [5.74, 6) is 1.41. The maximum absolute atomic E-state index is 5.87. The zero-order valence-corrected chi connectivity index (χ0v) is 13.4. The number of benzene rings is 2. The molecule has 2 aromatic heterocycles. The van der Waals surface area contributed by atoms with Crippen LogP contribution in [0.3, 0.4) is 0 Å². The van der Waals surface area contributed by atoms with E-state index in [4.69, 9.17) is 4.74 Å². The lowest BCUT2D eigenvalue weighted by atomic mass is 10.1. The van der Waals surface area contributed by atoms with Crippen LogP contribution < -0.4 is 4.74 Å². The first kappa shape index (κ1) is 15.1. The highest BCUT2D eigenvalue weighted by Gasteiger charge is 2.04. The fourth-order valence-corrected chi connectivity index (χ4v) is 2.53. The van der Waals surface area contributed by atoms with Gasteiger partial charge < -0.3 is 9.30 Å². The van der Waals surface area contributed by atoms with E-state index in [0.717, 1.165) is 23.4 Å². The van der Waals surface area contributed by atoms with Gasteiger partial charge in [-0.25, -0.2) is 4.98 Å². The fraction of sp³-hybridized carbons (Fsp3) is 0.111. The van der Waals surface area contributed by atoms with Gasteiger partial charge in [0.1, 0.15) is 12.4 Å². The van der Waals surface area contributed by atoms with Crippen LogP contribution in [0.4, 0.5) is 0 Å². The van der Waals surface area contributed by atoms with Crippen LogP contribution in [0, 0.1) is 0 Å². The summed E-state index contributed by atoms with van der Waals surface area (Å²) >= 11 is 0. The summed E-state index contributed by atoms with van der Waals surface area (Å²) in [5, 5.41) is 14.0. The molecule has 0 aliphatic rings. The Balaban J connectivity index is 1.39. The van der Waals surface area contributed by atoms with Crippen molar-refractivity contribution in [3.63, 3.8) is 0 Å². The van der Waals surface area contributed by atoms with Crippen LogP contribution in [0.5, 0.6) is 5.75 Å². The smallest absolute Gasteiger partial charge is 0.204 e. The number of aromatic amines is 1. The quantitative estimate of drug-likeness (QED) is 0.587. The van der Waals surface area contributed by atoms with Crippen molar-refractivity contribution in [2.75, 3.05) is 0 Å². The van der Waals surface area contributed by atoms with Crippen molar-refractivity contribution < 1.29 is 4.74 Å². The second kappa shape index (κ2) is 6.96. The molecule has 7 nitrogen and oxygen atoms in total. The Kier molecular flexibility index (Phi) is 4.20. The molecular weight excluding hydrogens is 316 g/mol. The maximum Gasteiger partial charge on any atom is 0.204 e.